The minimum Gasteiger partial charge on any atom is -0.354 e. The number of rotatable bonds is 6. The highest BCUT2D eigenvalue weighted by molar-refractivity contribution is 5.76. The van der Waals surface area contributed by atoms with Gasteiger partial charge in [-0.05, 0) is 18.3 Å². The third-order valence-electron chi connectivity index (χ3n) is 3.39. The van der Waals surface area contributed by atoms with Crippen molar-refractivity contribution in [3.63, 3.8) is 0 Å². The van der Waals surface area contributed by atoms with Gasteiger partial charge in [0.15, 0.2) is 6.29 Å². The van der Waals surface area contributed by atoms with Crippen molar-refractivity contribution in [1.82, 2.24) is 5.32 Å². The minimum atomic E-state index is -0.347. The van der Waals surface area contributed by atoms with Crippen molar-refractivity contribution in [2.75, 3.05) is 20.8 Å². The van der Waals surface area contributed by atoms with Crippen LogP contribution >= 0.6 is 0 Å². The first-order valence-electron chi connectivity index (χ1n) is 5.92. The molecule has 0 aromatic heterocycles. The molecule has 0 bridgehead atoms. The zero-order valence-corrected chi connectivity index (χ0v) is 10.5. The standard InChI is InChI=1S/C12H23NO3/c1-12(6-4-5-7-12)8-10(14)13-9-11(15-2)16-3/h11H,4-9H2,1-3H3,(H,13,14). The summed E-state index contributed by atoms with van der Waals surface area (Å²) in [5.74, 6) is 0.100. The Balaban J connectivity index is 2.25. The van der Waals surface area contributed by atoms with E-state index in [9.17, 15) is 4.79 Å². The van der Waals surface area contributed by atoms with Crippen LogP contribution in [0.2, 0.25) is 0 Å². The molecule has 1 rings (SSSR count). The second kappa shape index (κ2) is 6.21. The van der Waals surface area contributed by atoms with Gasteiger partial charge in [-0.15, -0.1) is 0 Å². The van der Waals surface area contributed by atoms with Crippen LogP contribution in [0.1, 0.15) is 39.0 Å². The van der Waals surface area contributed by atoms with Gasteiger partial charge in [-0.1, -0.05) is 19.8 Å². The molecule has 16 heavy (non-hydrogen) atoms. The molecule has 0 spiro atoms. The van der Waals surface area contributed by atoms with Gasteiger partial charge < -0.3 is 14.8 Å². The highest BCUT2D eigenvalue weighted by Crippen LogP contribution is 2.40. The average molecular weight is 229 g/mol. The summed E-state index contributed by atoms with van der Waals surface area (Å²) in [7, 11) is 3.14. The second-order valence-corrected chi connectivity index (χ2v) is 4.90. The maximum absolute atomic E-state index is 11.7. The van der Waals surface area contributed by atoms with Gasteiger partial charge in [0, 0.05) is 20.6 Å². The van der Waals surface area contributed by atoms with Gasteiger partial charge in [0.1, 0.15) is 0 Å². The monoisotopic (exact) mass is 229 g/mol. The Kier molecular flexibility index (Phi) is 5.22. The van der Waals surface area contributed by atoms with Crippen molar-refractivity contribution in [2.24, 2.45) is 5.41 Å². The van der Waals surface area contributed by atoms with Gasteiger partial charge in [0.2, 0.25) is 5.91 Å². The van der Waals surface area contributed by atoms with E-state index in [4.69, 9.17) is 9.47 Å². The predicted molar refractivity (Wildman–Crippen MR) is 62.0 cm³/mol. The number of ether oxygens (including phenoxy) is 2. The topological polar surface area (TPSA) is 47.6 Å². The van der Waals surface area contributed by atoms with Gasteiger partial charge in [0.05, 0.1) is 6.54 Å². The number of hydrogen-bond donors (Lipinski definition) is 1. The molecule has 1 aliphatic carbocycles. The largest absolute Gasteiger partial charge is 0.354 e. The van der Waals surface area contributed by atoms with E-state index in [1.807, 2.05) is 0 Å². The number of carbonyl (C=O) groups excluding carboxylic acids is 1. The Bertz CT molecular complexity index is 220. The summed E-state index contributed by atoms with van der Waals surface area (Å²) in [5, 5.41) is 2.85. The van der Waals surface area contributed by atoms with Crippen molar-refractivity contribution >= 4 is 5.91 Å². The molecule has 94 valence electrons. The van der Waals surface area contributed by atoms with Crippen molar-refractivity contribution < 1.29 is 14.3 Å². The molecule has 4 heteroatoms. The van der Waals surface area contributed by atoms with E-state index in [1.54, 1.807) is 14.2 Å². The van der Waals surface area contributed by atoms with Crippen LogP contribution in [0, 0.1) is 5.41 Å². The number of methoxy groups -OCH3 is 2. The van der Waals surface area contributed by atoms with Gasteiger partial charge in [0.25, 0.3) is 0 Å². The first-order valence-corrected chi connectivity index (χ1v) is 5.92. The zero-order chi connectivity index (χ0) is 12.0. The number of carbonyl (C=O) groups is 1. The SMILES string of the molecule is COC(CNC(=O)CC1(C)CCCC1)OC. The Labute approximate surface area is 97.7 Å². The molecule has 0 saturated heterocycles. The second-order valence-electron chi connectivity index (χ2n) is 4.90. The molecule has 4 nitrogen and oxygen atoms in total. The van der Waals surface area contributed by atoms with E-state index in [2.05, 4.69) is 12.2 Å². The molecule has 0 radical (unpaired) electrons. The quantitative estimate of drug-likeness (QED) is 0.705. The molecule has 0 aromatic rings. The molecule has 1 fully saturated rings. The van der Waals surface area contributed by atoms with Crippen LogP contribution in [0.3, 0.4) is 0 Å². The van der Waals surface area contributed by atoms with Crippen LogP contribution in [0.4, 0.5) is 0 Å². The first kappa shape index (κ1) is 13.5. The van der Waals surface area contributed by atoms with Crippen LogP contribution in [0.25, 0.3) is 0 Å². The maximum atomic E-state index is 11.7. The first-order chi connectivity index (χ1) is 7.59. The van der Waals surface area contributed by atoms with Gasteiger partial charge >= 0.3 is 0 Å². The average Bonchev–Trinajstić information content (AvgIpc) is 2.66. The minimum absolute atomic E-state index is 0.100. The molecule has 0 heterocycles. The molecule has 1 saturated carbocycles. The van der Waals surface area contributed by atoms with E-state index in [0.717, 1.165) is 0 Å². The molecule has 1 aliphatic rings. The highest BCUT2D eigenvalue weighted by atomic mass is 16.7. The molecule has 0 aliphatic heterocycles. The summed E-state index contributed by atoms with van der Waals surface area (Å²) in [5.41, 5.74) is 0.208. The van der Waals surface area contributed by atoms with Crippen molar-refractivity contribution in [1.29, 1.82) is 0 Å². The third-order valence-corrected chi connectivity index (χ3v) is 3.39. The lowest BCUT2D eigenvalue weighted by molar-refractivity contribution is -0.129. The van der Waals surface area contributed by atoms with E-state index in [1.165, 1.54) is 25.7 Å². The normalized spacial score (nSPS) is 19.0. The summed E-state index contributed by atoms with van der Waals surface area (Å²) >= 11 is 0. The van der Waals surface area contributed by atoms with Crippen molar-refractivity contribution in [2.45, 2.75) is 45.3 Å². The maximum Gasteiger partial charge on any atom is 0.220 e. The summed E-state index contributed by atoms with van der Waals surface area (Å²) < 4.78 is 10.0. The van der Waals surface area contributed by atoms with Gasteiger partial charge in [-0.3, -0.25) is 4.79 Å². The zero-order valence-electron chi connectivity index (χ0n) is 10.5. The van der Waals surface area contributed by atoms with Crippen LogP contribution in [-0.4, -0.2) is 33.0 Å². The third kappa shape index (κ3) is 4.10. The van der Waals surface area contributed by atoms with Crippen molar-refractivity contribution in [3.8, 4) is 0 Å². The van der Waals surface area contributed by atoms with E-state index in [0.29, 0.717) is 13.0 Å². The van der Waals surface area contributed by atoms with E-state index in [-0.39, 0.29) is 17.6 Å². The van der Waals surface area contributed by atoms with Crippen LogP contribution in [0.5, 0.6) is 0 Å². The Morgan fingerprint density at radius 2 is 1.88 bits per heavy atom. The van der Waals surface area contributed by atoms with Gasteiger partial charge in [-0.2, -0.15) is 0 Å². The summed E-state index contributed by atoms with van der Waals surface area (Å²) in [6.07, 6.45) is 5.11. The smallest absolute Gasteiger partial charge is 0.220 e. The molecule has 0 unspecified atom stereocenters. The number of nitrogens with one attached hydrogen (secondary N) is 1. The van der Waals surface area contributed by atoms with Crippen LogP contribution < -0.4 is 5.32 Å². The van der Waals surface area contributed by atoms with Crippen LogP contribution in [0.15, 0.2) is 0 Å². The van der Waals surface area contributed by atoms with Crippen molar-refractivity contribution in [3.05, 3.63) is 0 Å². The molecule has 1 N–H and O–H groups in total. The van der Waals surface area contributed by atoms with E-state index >= 15 is 0 Å². The fourth-order valence-electron chi connectivity index (χ4n) is 2.32. The van der Waals surface area contributed by atoms with Crippen LogP contribution in [-0.2, 0) is 14.3 Å². The summed E-state index contributed by atoms with van der Waals surface area (Å²) in [6.45, 7) is 2.62. The summed E-state index contributed by atoms with van der Waals surface area (Å²) in [4.78, 5) is 11.7. The molecule has 0 atom stereocenters. The molecular weight excluding hydrogens is 206 g/mol. The molecule has 1 amide bonds. The van der Waals surface area contributed by atoms with E-state index < -0.39 is 0 Å². The Morgan fingerprint density at radius 1 is 1.31 bits per heavy atom. The Hall–Kier alpha value is -0.610. The fraction of sp³-hybridized carbons (Fsp3) is 0.917. The lowest BCUT2D eigenvalue weighted by Crippen LogP contribution is -2.36. The summed E-state index contributed by atoms with van der Waals surface area (Å²) in [6, 6.07) is 0. The lowest BCUT2D eigenvalue weighted by Gasteiger charge is -2.23. The lowest BCUT2D eigenvalue weighted by atomic mass is 9.85. The highest BCUT2D eigenvalue weighted by Gasteiger charge is 2.30. The molecule has 0 aromatic carbocycles. The number of hydrogen-bond acceptors (Lipinski definition) is 3. The fourth-order valence-corrected chi connectivity index (χ4v) is 2.32. The predicted octanol–water partition coefficient (Wildman–Crippen LogP) is 1.69. The number of amides is 1. The molecular formula is C12H23NO3. The Morgan fingerprint density at radius 3 is 2.38 bits per heavy atom. The van der Waals surface area contributed by atoms with Gasteiger partial charge in [-0.25, -0.2) is 0 Å².